The zero-order valence-corrected chi connectivity index (χ0v) is 11.4. The fourth-order valence-corrected chi connectivity index (χ4v) is 3.11. The van der Waals surface area contributed by atoms with Crippen molar-refractivity contribution < 1.29 is 13.5 Å². The fourth-order valence-electron chi connectivity index (χ4n) is 1.87. The largest absolute Gasteiger partial charge is 0.392 e. The molecule has 19 heavy (non-hydrogen) atoms. The number of aromatic nitrogens is 2. The van der Waals surface area contributed by atoms with Crippen molar-refractivity contribution in [3.05, 3.63) is 24.5 Å². The summed E-state index contributed by atoms with van der Waals surface area (Å²) in [5.74, 6) is 0. The Labute approximate surface area is 111 Å². The summed E-state index contributed by atoms with van der Waals surface area (Å²) < 4.78 is 26.7. The van der Waals surface area contributed by atoms with Gasteiger partial charge in [-0.25, -0.2) is 18.1 Å². The Morgan fingerprint density at radius 2 is 2.32 bits per heavy atom. The minimum absolute atomic E-state index is 0.0170. The Balaban J connectivity index is 2.20. The van der Waals surface area contributed by atoms with Gasteiger partial charge in [0.15, 0.2) is 0 Å². The van der Waals surface area contributed by atoms with Gasteiger partial charge in [0.1, 0.15) is 10.5 Å². The third-order valence-electron chi connectivity index (χ3n) is 2.83. The number of rotatable bonds is 6. The van der Waals surface area contributed by atoms with E-state index in [0.29, 0.717) is 17.5 Å². The summed E-state index contributed by atoms with van der Waals surface area (Å²) in [5, 5.41) is 10.1. The Hall–Kier alpha value is -1.44. The molecule has 6 nitrogen and oxygen atoms in total. The lowest BCUT2D eigenvalue weighted by Gasteiger charge is -2.10. The molecule has 2 rings (SSSR count). The van der Waals surface area contributed by atoms with Gasteiger partial charge in [-0.05, 0) is 18.6 Å². The number of sulfonamides is 1. The van der Waals surface area contributed by atoms with Gasteiger partial charge in [-0.15, -0.1) is 0 Å². The van der Waals surface area contributed by atoms with Crippen LogP contribution in [0, 0.1) is 0 Å². The van der Waals surface area contributed by atoms with E-state index in [1.807, 2.05) is 6.92 Å². The van der Waals surface area contributed by atoms with Crippen LogP contribution < -0.4 is 4.72 Å². The van der Waals surface area contributed by atoms with Gasteiger partial charge in [0.05, 0.1) is 6.10 Å². The molecular weight excluding hydrogens is 266 g/mol. The zero-order valence-electron chi connectivity index (χ0n) is 10.6. The summed E-state index contributed by atoms with van der Waals surface area (Å²) in [6.07, 6.45) is 3.71. The highest BCUT2D eigenvalue weighted by atomic mass is 32.2. The van der Waals surface area contributed by atoms with Crippen molar-refractivity contribution in [1.29, 1.82) is 0 Å². The van der Waals surface area contributed by atoms with E-state index in [9.17, 15) is 13.5 Å². The third kappa shape index (κ3) is 3.12. The minimum atomic E-state index is -3.64. The number of hydrogen-bond donors (Lipinski definition) is 3. The van der Waals surface area contributed by atoms with Gasteiger partial charge >= 0.3 is 0 Å². The lowest BCUT2D eigenvalue weighted by atomic mass is 10.2. The van der Waals surface area contributed by atoms with Crippen LogP contribution in [0.3, 0.4) is 0 Å². The molecule has 0 aliphatic carbocycles. The third-order valence-corrected chi connectivity index (χ3v) is 4.30. The predicted octanol–water partition coefficient (Wildman–Crippen LogP) is 1.00. The lowest BCUT2D eigenvalue weighted by Crippen LogP contribution is -2.32. The van der Waals surface area contributed by atoms with Crippen molar-refractivity contribution in [2.75, 3.05) is 6.54 Å². The van der Waals surface area contributed by atoms with Crippen LogP contribution >= 0.6 is 0 Å². The number of fused-ring (bicyclic) bond motifs is 1. The van der Waals surface area contributed by atoms with Crippen LogP contribution in [-0.2, 0) is 10.0 Å². The summed E-state index contributed by atoms with van der Waals surface area (Å²) >= 11 is 0. The molecule has 0 radical (unpaired) electrons. The second kappa shape index (κ2) is 5.68. The summed E-state index contributed by atoms with van der Waals surface area (Å²) in [4.78, 5) is 7.01. The van der Waals surface area contributed by atoms with Crippen molar-refractivity contribution in [2.24, 2.45) is 0 Å². The summed E-state index contributed by atoms with van der Waals surface area (Å²) in [6.45, 7) is 1.95. The standard InChI is InChI=1S/C12H17N3O3S/c1-2-4-9(16)7-15-19(17,18)11-8-14-12-10(11)5-3-6-13-12/h3,5-6,8-9,15-16H,2,4,7H2,1H3,(H,13,14). The molecule has 0 fully saturated rings. The van der Waals surface area contributed by atoms with E-state index >= 15 is 0 Å². The van der Waals surface area contributed by atoms with E-state index in [1.165, 1.54) is 6.20 Å². The van der Waals surface area contributed by atoms with Crippen LogP contribution in [0.1, 0.15) is 19.8 Å². The lowest BCUT2D eigenvalue weighted by molar-refractivity contribution is 0.167. The Morgan fingerprint density at radius 3 is 3.05 bits per heavy atom. The van der Waals surface area contributed by atoms with Gasteiger partial charge in [0.25, 0.3) is 0 Å². The highest BCUT2D eigenvalue weighted by Gasteiger charge is 2.19. The first-order chi connectivity index (χ1) is 9.04. The molecule has 1 unspecified atom stereocenters. The minimum Gasteiger partial charge on any atom is -0.392 e. The van der Waals surface area contributed by atoms with Crippen molar-refractivity contribution in [1.82, 2.24) is 14.7 Å². The van der Waals surface area contributed by atoms with Crippen molar-refractivity contribution in [2.45, 2.75) is 30.8 Å². The van der Waals surface area contributed by atoms with E-state index in [1.54, 1.807) is 18.3 Å². The maximum Gasteiger partial charge on any atom is 0.242 e. The van der Waals surface area contributed by atoms with Crippen LogP contribution in [0.4, 0.5) is 0 Å². The maximum absolute atomic E-state index is 12.1. The molecule has 0 aromatic carbocycles. The molecule has 2 aromatic rings. The first kappa shape index (κ1) is 14.0. The second-order valence-corrected chi connectivity index (χ2v) is 6.08. The fraction of sp³-hybridized carbons (Fsp3) is 0.417. The summed E-state index contributed by atoms with van der Waals surface area (Å²) in [6, 6.07) is 3.37. The van der Waals surface area contributed by atoms with E-state index in [2.05, 4.69) is 14.7 Å². The highest BCUT2D eigenvalue weighted by Crippen LogP contribution is 2.20. The van der Waals surface area contributed by atoms with Gasteiger partial charge in [-0.1, -0.05) is 13.3 Å². The quantitative estimate of drug-likeness (QED) is 0.737. The van der Waals surface area contributed by atoms with Crippen molar-refractivity contribution in [3.8, 4) is 0 Å². The Kier molecular flexibility index (Phi) is 4.18. The average Bonchev–Trinajstić information content (AvgIpc) is 2.81. The SMILES string of the molecule is CCCC(O)CNS(=O)(=O)c1c[nH]c2ncccc12. The molecule has 7 heteroatoms. The van der Waals surface area contributed by atoms with E-state index in [4.69, 9.17) is 0 Å². The van der Waals surface area contributed by atoms with Crippen LogP contribution in [0.15, 0.2) is 29.4 Å². The summed E-state index contributed by atoms with van der Waals surface area (Å²) in [5.41, 5.74) is 0.525. The molecule has 0 spiro atoms. The molecule has 0 bridgehead atoms. The molecule has 1 atom stereocenters. The number of aromatic amines is 1. The predicted molar refractivity (Wildman–Crippen MR) is 72.2 cm³/mol. The molecule has 2 aromatic heterocycles. The molecule has 2 heterocycles. The Morgan fingerprint density at radius 1 is 1.53 bits per heavy atom. The molecule has 0 aliphatic rings. The molecule has 0 aliphatic heterocycles. The number of hydrogen-bond acceptors (Lipinski definition) is 4. The van der Waals surface area contributed by atoms with E-state index in [-0.39, 0.29) is 11.4 Å². The van der Waals surface area contributed by atoms with Gasteiger partial charge in [-0.2, -0.15) is 0 Å². The van der Waals surface area contributed by atoms with E-state index in [0.717, 1.165) is 6.42 Å². The first-order valence-electron chi connectivity index (χ1n) is 6.14. The van der Waals surface area contributed by atoms with Crippen LogP contribution in [0.5, 0.6) is 0 Å². The molecule has 104 valence electrons. The molecular formula is C12H17N3O3S. The molecule has 0 saturated carbocycles. The van der Waals surface area contributed by atoms with Gasteiger partial charge in [0.2, 0.25) is 10.0 Å². The van der Waals surface area contributed by atoms with Gasteiger partial charge < -0.3 is 10.1 Å². The monoisotopic (exact) mass is 283 g/mol. The smallest absolute Gasteiger partial charge is 0.242 e. The van der Waals surface area contributed by atoms with Crippen LogP contribution in [0.2, 0.25) is 0 Å². The average molecular weight is 283 g/mol. The van der Waals surface area contributed by atoms with E-state index < -0.39 is 16.1 Å². The number of aliphatic hydroxyl groups is 1. The van der Waals surface area contributed by atoms with Crippen LogP contribution in [-0.4, -0.2) is 36.1 Å². The number of nitrogens with one attached hydrogen (secondary N) is 2. The number of H-pyrrole nitrogens is 1. The number of aliphatic hydroxyl groups excluding tert-OH is 1. The second-order valence-electron chi connectivity index (χ2n) is 4.35. The highest BCUT2D eigenvalue weighted by molar-refractivity contribution is 7.89. The normalized spacial score (nSPS) is 13.8. The topological polar surface area (TPSA) is 95.1 Å². The molecule has 0 saturated heterocycles. The zero-order chi connectivity index (χ0) is 13.9. The molecule has 0 amide bonds. The molecule has 3 N–H and O–H groups in total. The number of nitrogens with zero attached hydrogens (tertiary/aromatic N) is 1. The van der Waals surface area contributed by atoms with Crippen molar-refractivity contribution >= 4 is 21.1 Å². The van der Waals surface area contributed by atoms with Crippen molar-refractivity contribution in [3.63, 3.8) is 0 Å². The van der Waals surface area contributed by atoms with Gasteiger partial charge in [-0.3, -0.25) is 0 Å². The summed E-state index contributed by atoms with van der Waals surface area (Å²) in [7, 11) is -3.64. The van der Waals surface area contributed by atoms with Gasteiger partial charge in [0, 0.05) is 24.3 Å². The maximum atomic E-state index is 12.1. The number of pyridine rings is 1. The van der Waals surface area contributed by atoms with Crippen LogP contribution in [0.25, 0.3) is 11.0 Å². The first-order valence-corrected chi connectivity index (χ1v) is 7.62. The Bertz CT molecular complexity index is 651.